The second-order valence-electron chi connectivity index (χ2n) is 6.14. The number of aromatic nitrogens is 2. The van der Waals surface area contributed by atoms with Crippen LogP contribution in [0.1, 0.15) is 16.1 Å². The van der Waals surface area contributed by atoms with Crippen LogP contribution >= 0.6 is 23.4 Å². The molecule has 1 heterocycles. The summed E-state index contributed by atoms with van der Waals surface area (Å²) in [5, 5.41) is 5.77. The lowest BCUT2D eigenvalue weighted by atomic mass is 10.1. The maximum atomic E-state index is 12.7. The summed E-state index contributed by atoms with van der Waals surface area (Å²) in [6.07, 6.45) is 1.47. The molecule has 3 aromatic carbocycles. The summed E-state index contributed by atoms with van der Waals surface area (Å²) in [6.45, 7) is 0. The summed E-state index contributed by atoms with van der Waals surface area (Å²) >= 11 is 7.64. The Morgan fingerprint density at radius 1 is 0.964 bits per heavy atom. The van der Waals surface area contributed by atoms with Gasteiger partial charge in [-0.05, 0) is 28.5 Å². The lowest BCUT2D eigenvalue weighted by Gasteiger charge is -2.08. The first-order valence-electron chi connectivity index (χ1n) is 8.68. The van der Waals surface area contributed by atoms with Crippen LogP contribution in [0.4, 0.5) is 5.69 Å². The molecule has 0 spiro atoms. The van der Waals surface area contributed by atoms with Crippen LogP contribution in [0.5, 0.6) is 0 Å². The van der Waals surface area contributed by atoms with Crippen LogP contribution in [0, 0.1) is 0 Å². The highest BCUT2D eigenvalue weighted by Crippen LogP contribution is 2.23. The zero-order valence-corrected chi connectivity index (χ0v) is 16.4. The van der Waals surface area contributed by atoms with Gasteiger partial charge < -0.3 is 5.32 Å². The molecule has 0 atom stereocenters. The average molecular weight is 406 g/mol. The molecule has 1 amide bonds. The zero-order valence-electron chi connectivity index (χ0n) is 14.8. The van der Waals surface area contributed by atoms with Crippen molar-refractivity contribution >= 4 is 45.7 Å². The fourth-order valence-electron chi connectivity index (χ4n) is 2.76. The van der Waals surface area contributed by atoms with Gasteiger partial charge in [-0.1, -0.05) is 84.0 Å². The third-order valence-electron chi connectivity index (χ3n) is 4.16. The van der Waals surface area contributed by atoms with Crippen LogP contribution in [0.3, 0.4) is 0 Å². The monoisotopic (exact) mass is 405 g/mol. The van der Waals surface area contributed by atoms with Crippen molar-refractivity contribution in [3.8, 4) is 0 Å². The molecule has 0 unspecified atom stereocenters. The maximum absolute atomic E-state index is 12.7. The Morgan fingerprint density at radius 3 is 2.54 bits per heavy atom. The minimum absolute atomic E-state index is 0.167. The molecule has 0 saturated heterocycles. The van der Waals surface area contributed by atoms with Crippen LogP contribution < -0.4 is 5.32 Å². The van der Waals surface area contributed by atoms with Gasteiger partial charge in [0.2, 0.25) is 0 Å². The number of hydrogen-bond acceptors (Lipinski definition) is 4. The Hall–Kier alpha value is -2.89. The van der Waals surface area contributed by atoms with E-state index in [1.54, 1.807) is 0 Å². The second kappa shape index (κ2) is 8.42. The highest BCUT2D eigenvalue weighted by Gasteiger charge is 2.15. The van der Waals surface area contributed by atoms with Gasteiger partial charge in [0.1, 0.15) is 0 Å². The van der Waals surface area contributed by atoms with Crippen molar-refractivity contribution in [3.05, 3.63) is 95.3 Å². The Balaban J connectivity index is 1.51. The molecular weight excluding hydrogens is 390 g/mol. The van der Waals surface area contributed by atoms with Crippen LogP contribution in [0.15, 0.2) is 84.1 Å². The fourth-order valence-corrected chi connectivity index (χ4v) is 3.71. The zero-order chi connectivity index (χ0) is 19.3. The van der Waals surface area contributed by atoms with Gasteiger partial charge in [-0.2, -0.15) is 0 Å². The maximum Gasteiger partial charge on any atom is 0.275 e. The van der Waals surface area contributed by atoms with Crippen molar-refractivity contribution in [2.24, 2.45) is 0 Å². The number of nitrogens with zero attached hydrogens (tertiary/aromatic N) is 2. The van der Waals surface area contributed by atoms with Crippen molar-refractivity contribution in [1.82, 2.24) is 9.97 Å². The highest BCUT2D eigenvalue weighted by atomic mass is 35.5. The number of carbonyl (C=O) groups excluding carboxylic acids is 1. The summed E-state index contributed by atoms with van der Waals surface area (Å²) in [5.74, 6) is 0.359. The van der Waals surface area contributed by atoms with Crippen molar-refractivity contribution in [1.29, 1.82) is 0 Å². The number of fused-ring (bicyclic) bond motifs is 1. The Labute approximate surface area is 172 Å². The quantitative estimate of drug-likeness (QED) is 0.335. The molecule has 4 rings (SSSR count). The molecule has 0 saturated carbocycles. The topological polar surface area (TPSA) is 54.9 Å². The Morgan fingerprint density at radius 2 is 1.71 bits per heavy atom. The van der Waals surface area contributed by atoms with Gasteiger partial charge in [0, 0.05) is 11.4 Å². The predicted molar refractivity (Wildman–Crippen MR) is 115 cm³/mol. The van der Waals surface area contributed by atoms with Crippen LogP contribution in [0.25, 0.3) is 10.8 Å². The normalized spacial score (nSPS) is 10.8. The van der Waals surface area contributed by atoms with E-state index in [2.05, 4.69) is 15.3 Å². The van der Waals surface area contributed by atoms with Gasteiger partial charge in [0.15, 0.2) is 10.9 Å². The number of benzene rings is 3. The molecule has 0 aliphatic carbocycles. The molecule has 6 heteroatoms. The number of amides is 1. The van der Waals surface area contributed by atoms with E-state index in [9.17, 15) is 4.79 Å². The molecule has 138 valence electrons. The summed E-state index contributed by atoms with van der Waals surface area (Å²) in [5.41, 5.74) is 2.02. The summed E-state index contributed by atoms with van der Waals surface area (Å²) < 4.78 is 0. The van der Waals surface area contributed by atoms with Gasteiger partial charge in [-0.3, -0.25) is 4.79 Å². The number of anilines is 1. The van der Waals surface area contributed by atoms with Crippen molar-refractivity contribution < 1.29 is 4.79 Å². The number of nitrogens with one attached hydrogen (secondary N) is 1. The Kier molecular flexibility index (Phi) is 5.55. The summed E-state index contributed by atoms with van der Waals surface area (Å²) in [6, 6.07) is 23.7. The van der Waals surface area contributed by atoms with E-state index in [1.807, 2.05) is 72.8 Å². The standard InChI is InChI=1S/C22H16ClN3OS/c23-19-13-24-22(28-14-15-6-2-1-3-7-15)26-20(19)21(27)25-18-11-10-16-8-4-5-9-17(16)12-18/h1-13H,14H2,(H,25,27). The van der Waals surface area contributed by atoms with Gasteiger partial charge in [0.05, 0.1) is 11.2 Å². The SMILES string of the molecule is O=C(Nc1ccc2ccccc2c1)c1nc(SCc2ccccc2)ncc1Cl. The van der Waals surface area contributed by atoms with Crippen molar-refractivity contribution in [3.63, 3.8) is 0 Å². The summed E-state index contributed by atoms with van der Waals surface area (Å²) in [4.78, 5) is 21.3. The fraction of sp³-hybridized carbons (Fsp3) is 0.0455. The van der Waals surface area contributed by atoms with E-state index >= 15 is 0 Å². The van der Waals surface area contributed by atoms with E-state index < -0.39 is 0 Å². The molecule has 0 aliphatic heterocycles. The van der Waals surface area contributed by atoms with Crippen LogP contribution in [-0.2, 0) is 5.75 Å². The molecule has 0 aliphatic rings. The minimum Gasteiger partial charge on any atom is -0.321 e. The molecule has 28 heavy (non-hydrogen) atoms. The molecule has 1 N–H and O–H groups in total. The molecular formula is C22H16ClN3OS. The highest BCUT2D eigenvalue weighted by molar-refractivity contribution is 7.98. The molecule has 4 nitrogen and oxygen atoms in total. The predicted octanol–water partition coefficient (Wildman–Crippen LogP) is 5.83. The van der Waals surface area contributed by atoms with E-state index in [-0.39, 0.29) is 16.6 Å². The molecule has 0 radical (unpaired) electrons. The van der Waals surface area contributed by atoms with E-state index in [4.69, 9.17) is 11.6 Å². The van der Waals surface area contributed by atoms with E-state index in [0.29, 0.717) is 16.6 Å². The third kappa shape index (κ3) is 4.32. The smallest absolute Gasteiger partial charge is 0.275 e. The summed E-state index contributed by atoms with van der Waals surface area (Å²) in [7, 11) is 0. The number of hydrogen-bond donors (Lipinski definition) is 1. The molecule has 0 fully saturated rings. The first-order valence-corrected chi connectivity index (χ1v) is 10.0. The minimum atomic E-state index is -0.357. The second-order valence-corrected chi connectivity index (χ2v) is 7.49. The van der Waals surface area contributed by atoms with Gasteiger partial charge >= 0.3 is 0 Å². The van der Waals surface area contributed by atoms with Crippen molar-refractivity contribution in [2.45, 2.75) is 10.9 Å². The largest absolute Gasteiger partial charge is 0.321 e. The van der Waals surface area contributed by atoms with Gasteiger partial charge in [-0.15, -0.1) is 0 Å². The van der Waals surface area contributed by atoms with Crippen molar-refractivity contribution in [2.75, 3.05) is 5.32 Å². The number of halogens is 1. The van der Waals surface area contributed by atoms with Crippen LogP contribution in [-0.4, -0.2) is 15.9 Å². The van der Waals surface area contributed by atoms with E-state index in [1.165, 1.54) is 18.0 Å². The average Bonchev–Trinajstić information content (AvgIpc) is 2.73. The molecule has 1 aromatic heterocycles. The van der Waals surface area contributed by atoms with Gasteiger partial charge in [0.25, 0.3) is 5.91 Å². The Bertz CT molecular complexity index is 1130. The number of rotatable bonds is 5. The molecule has 4 aromatic rings. The van der Waals surface area contributed by atoms with Gasteiger partial charge in [-0.25, -0.2) is 9.97 Å². The lowest BCUT2D eigenvalue weighted by Crippen LogP contribution is -2.15. The lowest BCUT2D eigenvalue weighted by molar-refractivity contribution is 0.102. The van der Waals surface area contributed by atoms with E-state index in [0.717, 1.165) is 16.3 Å². The number of carbonyl (C=O) groups is 1. The van der Waals surface area contributed by atoms with Crippen LogP contribution in [0.2, 0.25) is 5.02 Å². The molecule has 0 bridgehead atoms. The first kappa shape index (κ1) is 18.5. The first-order chi connectivity index (χ1) is 13.7. The third-order valence-corrected chi connectivity index (χ3v) is 5.36. The number of thioether (sulfide) groups is 1.